The Balaban J connectivity index is 1.52. The van der Waals surface area contributed by atoms with Crippen molar-refractivity contribution < 1.29 is 13.9 Å². The monoisotopic (exact) mass is 453 g/mol. The topological polar surface area (TPSA) is 59.0 Å². The van der Waals surface area contributed by atoms with Crippen molar-refractivity contribution in [2.24, 2.45) is 14.1 Å². The van der Waals surface area contributed by atoms with Crippen LogP contribution in [0.1, 0.15) is 0 Å². The Morgan fingerprint density at radius 3 is 1.62 bits per heavy atom. The van der Waals surface area contributed by atoms with Crippen LogP contribution in [0, 0.1) is 5.82 Å². The van der Waals surface area contributed by atoms with Crippen molar-refractivity contribution in [1.29, 1.82) is 0 Å². The molecule has 6 aromatic rings. The summed E-state index contributed by atoms with van der Waals surface area (Å²) in [7, 11) is 3.78. The van der Waals surface area contributed by atoms with Gasteiger partial charge >= 0.3 is 0 Å². The van der Waals surface area contributed by atoms with Crippen LogP contribution in [-0.2, 0) is 14.1 Å². The number of aryl methyl sites for hydroxylation is 2. The highest BCUT2D eigenvalue weighted by molar-refractivity contribution is 6.10. The van der Waals surface area contributed by atoms with Gasteiger partial charge in [0.25, 0.3) is 0 Å². The Kier molecular flexibility index (Phi) is 4.58. The molecule has 0 aliphatic carbocycles. The summed E-state index contributed by atoms with van der Waals surface area (Å²) in [6.45, 7) is 0. The summed E-state index contributed by atoms with van der Waals surface area (Å²) >= 11 is 0. The molecule has 7 nitrogen and oxygen atoms in total. The summed E-state index contributed by atoms with van der Waals surface area (Å²) in [4.78, 5) is 8.50. The maximum Gasteiger partial charge on any atom is 0.237 e. The molecule has 0 fully saturated rings. The second-order valence-corrected chi connectivity index (χ2v) is 8.13. The largest absolute Gasteiger partial charge is 0.438 e. The van der Waals surface area contributed by atoms with Crippen molar-refractivity contribution in [3.63, 3.8) is 0 Å². The lowest BCUT2D eigenvalue weighted by molar-refractivity contribution is 0.465. The van der Waals surface area contributed by atoms with Gasteiger partial charge in [0.15, 0.2) is 0 Å². The first kappa shape index (κ1) is 20.0. The fraction of sp³-hybridized carbons (Fsp3) is 0.0769. The lowest BCUT2D eigenvalue weighted by atomic mass is 10.1. The summed E-state index contributed by atoms with van der Waals surface area (Å²) in [5.41, 5.74) is 2.79. The van der Waals surface area contributed by atoms with Gasteiger partial charge in [-0.15, -0.1) is 0 Å². The summed E-state index contributed by atoms with van der Waals surface area (Å²) in [6.07, 6.45) is 7.00. The average molecular weight is 453 g/mol. The Labute approximate surface area is 194 Å². The normalized spacial score (nSPS) is 11.4. The van der Waals surface area contributed by atoms with Gasteiger partial charge in [-0.05, 0) is 60.7 Å². The van der Waals surface area contributed by atoms with E-state index in [4.69, 9.17) is 9.47 Å². The Morgan fingerprint density at radius 1 is 0.676 bits per heavy atom. The van der Waals surface area contributed by atoms with E-state index in [0.29, 0.717) is 23.3 Å². The van der Waals surface area contributed by atoms with E-state index in [9.17, 15) is 4.39 Å². The molecule has 0 radical (unpaired) electrons. The average Bonchev–Trinajstić information content (AvgIpc) is 3.51. The number of hydrogen-bond donors (Lipinski definition) is 0. The van der Waals surface area contributed by atoms with Crippen LogP contribution in [0.5, 0.6) is 23.3 Å². The number of imidazole rings is 2. The molecule has 3 aromatic heterocycles. The van der Waals surface area contributed by atoms with E-state index in [1.807, 2.05) is 72.0 Å². The standard InChI is InChI=1S/C26H20FN5O2/c1-30-13-25(28-15-30)33-19-7-9-23-21(11-19)22-12-20(34-26-14-31(2)16-29-26)8-10-24(22)32(23)18-5-3-17(27)4-6-18/h3-16H,1-2H3. The maximum absolute atomic E-state index is 13.6. The number of halogens is 1. The van der Waals surface area contributed by atoms with E-state index in [0.717, 1.165) is 27.5 Å². The second kappa shape index (κ2) is 7.77. The molecular weight excluding hydrogens is 433 g/mol. The third kappa shape index (κ3) is 3.55. The third-order valence-electron chi connectivity index (χ3n) is 5.60. The van der Waals surface area contributed by atoms with E-state index < -0.39 is 0 Å². The van der Waals surface area contributed by atoms with Gasteiger partial charge in [-0.3, -0.25) is 0 Å². The molecule has 0 bridgehead atoms. The zero-order valence-corrected chi connectivity index (χ0v) is 18.5. The first-order chi connectivity index (χ1) is 16.5. The molecule has 0 saturated heterocycles. The summed E-state index contributed by atoms with van der Waals surface area (Å²) in [5.74, 6) is 2.09. The second-order valence-electron chi connectivity index (χ2n) is 8.13. The number of ether oxygens (including phenoxy) is 2. The SMILES string of the molecule is Cn1cnc(Oc2ccc3c(c2)c2cc(Oc4cn(C)cn4)ccc2n3-c2ccc(F)cc2)c1. The first-order valence-electron chi connectivity index (χ1n) is 10.7. The van der Waals surface area contributed by atoms with Gasteiger partial charge in [0.1, 0.15) is 17.3 Å². The van der Waals surface area contributed by atoms with E-state index in [2.05, 4.69) is 14.5 Å². The van der Waals surface area contributed by atoms with Gasteiger partial charge in [-0.1, -0.05) is 0 Å². The molecule has 6 rings (SSSR count). The van der Waals surface area contributed by atoms with Crippen LogP contribution in [0.3, 0.4) is 0 Å². The lowest BCUT2D eigenvalue weighted by Gasteiger charge is -2.08. The van der Waals surface area contributed by atoms with Crippen LogP contribution in [0.2, 0.25) is 0 Å². The molecule has 34 heavy (non-hydrogen) atoms. The first-order valence-corrected chi connectivity index (χ1v) is 10.7. The highest BCUT2D eigenvalue weighted by atomic mass is 19.1. The van der Waals surface area contributed by atoms with Crippen molar-refractivity contribution >= 4 is 21.8 Å². The number of hydrogen-bond acceptors (Lipinski definition) is 4. The Morgan fingerprint density at radius 2 is 1.18 bits per heavy atom. The van der Waals surface area contributed by atoms with E-state index in [1.54, 1.807) is 24.8 Å². The predicted octanol–water partition coefficient (Wildman–Crippen LogP) is 5.97. The summed E-state index contributed by atoms with van der Waals surface area (Å²) in [6, 6.07) is 18.2. The van der Waals surface area contributed by atoms with Crippen LogP contribution in [0.4, 0.5) is 4.39 Å². The molecule has 0 aliphatic rings. The van der Waals surface area contributed by atoms with Crippen molar-refractivity contribution in [1.82, 2.24) is 23.7 Å². The third-order valence-corrected chi connectivity index (χ3v) is 5.60. The van der Waals surface area contributed by atoms with Crippen molar-refractivity contribution in [2.75, 3.05) is 0 Å². The zero-order chi connectivity index (χ0) is 23.2. The van der Waals surface area contributed by atoms with Crippen LogP contribution in [0.25, 0.3) is 27.5 Å². The molecule has 0 unspecified atom stereocenters. The van der Waals surface area contributed by atoms with E-state index in [1.165, 1.54) is 12.1 Å². The molecule has 0 amide bonds. The fourth-order valence-corrected chi connectivity index (χ4v) is 4.10. The number of fused-ring (bicyclic) bond motifs is 3. The van der Waals surface area contributed by atoms with Gasteiger partial charge in [0, 0.05) is 30.6 Å². The molecule has 8 heteroatoms. The van der Waals surface area contributed by atoms with Crippen molar-refractivity contribution in [3.8, 4) is 28.9 Å². The number of benzene rings is 3. The van der Waals surface area contributed by atoms with Crippen LogP contribution in [0.15, 0.2) is 85.7 Å². The minimum Gasteiger partial charge on any atom is -0.438 e. The lowest BCUT2D eigenvalue weighted by Crippen LogP contribution is -1.94. The molecule has 0 aliphatic heterocycles. The number of nitrogens with zero attached hydrogens (tertiary/aromatic N) is 5. The van der Waals surface area contributed by atoms with Crippen molar-refractivity contribution in [3.05, 3.63) is 91.5 Å². The summed E-state index contributed by atoms with van der Waals surface area (Å²) in [5, 5.41) is 1.94. The van der Waals surface area contributed by atoms with Gasteiger partial charge < -0.3 is 23.2 Å². The number of aromatic nitrogens is 5. The molecule has 3 heterocycles. The maximum atomic E-state index is 13.6. The van der Waals surface area contributed by atoms with Gasteiger partial charge in [-0.25, -0.2) is 14.4 Å². The quantitative estimate of drug-likeness (QED) is 0.322. The minimum atomic E-state index is -0.276. The molecule has 168 valence electrons. The molecule has 0 spiro atoms. The highest BCUT2D eigenvalue weighted by Crippen LogP contribution is 2.37. The highest BCUT2D eigenvalue weighted by Gasteiger charge is 2.15. The van der Waals surface area contributed by atoms with Gasteiger partial charge in [-0.2, -0.15) is 0 Å². The van der Waals surface area contributed by atoms with Crippen LogP contribution in [-0.4, -0.2) is 23.7 Å². The van der Waals surface area contributed by atoms with Gasteiger partial charge in [0.2, 0.25) is 11.8 Å². The van der Waals surface area contributed by atoms with Crippen LogP contribution >= 0.6 is 0 Å². The van der Waals surface area contributed by atoms with Gasteiger partial charge in [0.05, 0.1) is 36.1 Å². The Hall–Kier alpha value is -4.59. The molecule has 0 atom stereocenters. The molecule has 0 saturated carbocycles. The van der Waals surface area contributed by atoms with Crippen LogP contribution < -0.4 is 9.47 Å². The van der Waals surface area contributed by atoms with E-state index >= 15 is 0 Å². The summed E-state index contributed by atoms with van der Waals surface area (Å²) < 4.78 is 31.3. The minimum absolute atomic E-state index is 0.276. The Bertz CT molecular complexity index is 1550. The molecule has 3 aromatic carbocycles. The number of rotatable bonds is 5. The predicted molar refractivity (Wildman–Crippen MR) is 127 cm³/mol. The molecule has 0 N–H and O–H groups in total. The zero-order valence-electron chi connectivity index (χ0n) is 18.5. The van der Waals surface area contributed by atoms with Crippen molar-refractivity contribution in [2.45, 2.75) is 0 Å². The smallest absolute Gasteiger partial charge is 0.237 e. The fourth-order valence-electron chi connectivity index (χ4n) is 4.10. The molecular formula is C26H20FN5O2. The van der Waals surface area contributed by atoms with E-state index in [-0.39, 0.29) is 5.82 Å².